The summed E-state index contributed by atoms with van der Waals surface area (Å²) >= 11 is 7.12. The number of phenols is 4. The van der Waals surface area contributed by atoms with Crippen molar-refractivity contribution in [2.45, 2.75) is 13.5 Å². The highest BCUT2D eigenvalue weighted by Crippen LogP contribution is 2.31. The number of thiocarbonyl (C=S) groups is 1. The molecule has 0 aromatic heterocycles. The molecule has 7 heteroatoms. The van der Waals surface area contributed by atoms with Crippen molar-refractivity contribution in [1.29, 1.82) is 0 Å². The Balaban J connectivity index is 2.01. The molecule has 126 valence electrons. The van der Waals surface area contributed by atoms with Crippen LogP contribution in [0.2, 0.25) is 0 Å². The summed E-state index contributed by atoms with van der Waals surface area (Å²) in [6, 6.07) is 6.28. The lowest BCUT2D eigenvalue weighted by Crippen LogP contribution is -2.18. The van der Waals surface area contributed by atoms with Gasteiger partial charge in [0, 0.05) is 12.1 Å². The molecule has 0 amide bonds. The summed E-state index contributed by atoms with van der Waals surface area (Å²) in [5, 5.41) is 41.5. The van der Waals surface area contributed by atoms with Crippen LogP contribution < -0.4 is 5.32 Å². The van der Waals surface area contributed by atoms with Crippen molar-refractivity contribution in [3.8, 4) is 23.0 Å². The van der Waals surface area contributed by atoms with Crippen LogP contribution in [0.15, 0.2) is 30.3 Å². The summed E-state index contributed by atoms with van der Waals surface area (Å²) in [7, 11) is 0. The lowest BCUT2D eigenvalue weighted by molar-refractivity contribution is 0.401. The minimum atomic E-state index is -0.189. The van der Waals surface area contributed by atoms with E-state index in [4.69, 9.17) is 12.2 Å². The van der Waals surface area contributed by atoms with Gasteiger partial charge in [-0.15, -0.1) is 0 Å². The average Bonchev–Trinajstić information content (AvgIpc) is 2.53. The number of phenolic OH excluding ortho intramolecular Hbond substituents is 4. The number of rotatable bonds is 4. The van der Waals surface area contributed by atoms with Crippen molar-refractivity contribution >= 4 is 45.9 Å². The van der Waals surface area contributed by atoms with E-state index in [9.17, 15) is 20.4 Å². The van der Waals surface area contributed by atoms with Crippen LogP contribution in [0.25, 0.3) is 6.08 Å². The topological polar surface area (TPSA) is 93.0 Å². The lowest BCUT2D eigenvalue weighted by atomic mass is 10.1. The molecule has 0 aliphatic rings. The van der Waals surface area contributed by atoms with E-state index in [1.54, 1.807) is 37.3 Å². The SMILES string of the molecule is Cc1c(O)cc(CNC(=S)/C=C/c2cc(O)c(O)c(I)c2)cc1O. The fraction of sp³-hybridized carbons (Fsp3) is 0.118. The number of benzene rings is 2. The van der Waals surface area contributed by atoms with Crippen LogP contribution in [0.3, 0.4) is 0 Å². The Morgan fingerprint density at radius 1 is 1.08 bits per heavy atom. The molecule has 0 aliphatic heterocycles. The van der Waals surface area contributed by atoms with E-state index < -0.39 is 0 Å². The molecule has 0 fully saturated rings. The van der Waals surface area contributed by atoms with Gasteiger partial charge in [0.2, 0.25) is 0 Å². The number of halogens is 1. The molecular formula is C17H16INO4S. The standard InChI is InChI=1S/C17H16INO4S/c1-9-13(20)6-11(7-14(9)21)8-19-16(24)3-2-10-4-12(18)17(23)15(22)5-10/h2-7,20-23H,8H2,1H3,(H,19,24)/b3-2+. The van der Waals surface area contributed by atoms with Gasteiger partial charge in [0.1, 0.15) is 11.5 Å². The predicted molar refractivity (Wildman–Crippen MR) is 105 cm³/mol. The molecule has 0 atom stereocenters. The highest BCUT2D eigenvalue weighted by molar-refractivity contribution is 14.1. The molecule has 0 unspecified atom stereocenters. The first kappa shape index (κ1) is 18.3. The predicted octanol–water partition coefficient (Wildman–Crippen LogP) is 3.55. The quantitative estimate of drug-likeness (QED) is 0.209. The summed E-state index contributed by atoms with van der Waals surface area (Å²) in [6.07, 6.45) is 3.37. The van der Waals surface area contributed by atoms with Gasteiger partial charge in [0.25, 0.3) is 0 Å². The molecule has 5 nitrogen and oxygen atoms in total. The maximum Gasteiger partial charge on any atom is 0.171 e. The first-order valence-electron chi connectivity index (χ1n) is 6.96. The van der Waals surface area contributed by atoms with Crippen LogP contribution in [-0.4, -0.2) is 25.4 Å². The molecule has 0 radical (unpaired) electrons. The molecule has 0 saturated carbocycles. The van der Waals surface area contributed by atoms with E-state index >= 15 is 0 Å². The molecule has 0 bridgehead atoms. The van der Waals surface area contributed by atoms with Crippen LogP contribution >= 0.6 is 34.8 Å². The monoisotopic (exact) mass is 457 g/mol. The van der Waals surface area contributed by atoms with Crippen molar-refractivity contribution < 1.29 is 20.4 Å². The molecule has 2 aromatic carbocycles. The van der Waals surface area contributed by atoms with Gasteiger partial charge in [-0.2, -0.15) is 0 Å². The Morgan fingerprint density at radius 3 is 2.29 bits per heavy atom. The van der Waals surface area contributed by atoms with Crippen LogP contribution in [-0.2, 0) is 6.54 Å². The van der Waals surface area contributed by atoms with Crippen molar-refractivity contribution in [3.05, 3.63) is 50.6 Å². The molecule has 0 heterocycles. The fourth-order valence-electron chi connectivity index (χ4n) is 1.96. The van der Waals surface area contributed by atoms with Crippen molar-refractivity contribution in [2.24, 2.45) is 0 Å². The summed E-state index contributed by atoms with van der Waals surface area (Å²) in [4.78, 5) is 0.456. The Labute approximate surface area is 158 Å². The number of aromatic hydroxyl groups is 4. The zero-order valence-corrected chi connectivity index (χ0v) is 15.7. The first-order valence-corrected chi connectivity index (χ1v) is 8.45. The van der Waals surface area contributed by atoms with Gasteiger partial charge in [-0.3, -0.25) is 0 Å². The molecule has 2 rings (SSSR count). The average molecular weight is 457 g/mol. The molecule has 0 aliphatic carbocycles. The third-order valence-corrected chi connectivity index (χ3v) is 4.47. The Morgan fingerprint density at radius 2 is 1.71 bits per heavy atom. The lowest BCUT2D eigenvalue weighted by Gasteiger charge is -2.08. The minimum Gasteiger partial charge on any atom is -0.508 e. The Bertz CT molecular complexity index is 774. The molecule has 24 heavy (non-hydrogen) atoms. The second-order valence-corrected chi connectivity index (χ2v) is 6.78. The molecule has 0 saturated heterocycles. The molecule has 2 aromatic rings. The Hall–Kier alpha value is -2.00. The molecular weight excluding hydrogens is 441 g/mol. The van der Waals surface area contributed by atoms with E-state index in [1.165, 1.54) is 6.07 Å². The summed E-state index contributed by atoms with van der Waals surface area (Å²) in [5.74, 6) is -0.275. The van der Waals surface area contributed by atoms with Gasteiger partial charge in [0.15, 0.2) is 11.5 Å². The van der Waals surface area contributed by atoms with Crippen molar-refractivity contribution in [3.63, 3.8) is 0 Å². The number of hydrogen-bond donors (Lipinski definition) is 5. The van der Waals surface area contributed by atoms with E-state index in [1.807, 2.05) is 22.6 Å². The van der Waals surface area contributed by atoms with E-state index in [0.717, 1.165) is 0 Å². The fourth-order valence-corrected chi connectivity index (χ4v) is 2.74. The largest absolute Gasteiger partial charge is 0.508 e. The summed E-state index contributed by atoms with van der Waals surface area (Å²) in [5.41, 5.74) is 1.83. The van der Waals surface area contributed by atoms with Gasteiger partial charge in [0.05, 0.1) is 8.56 Å². The molecule has 5 N–H and O–H groups in total. The van der Waals surface area contributed by atoms with Gasteiger partial charge in [-0.05, 0) is 71.0 Å². The van der Waals surface area contributed by atoms with Crippen molar-refractivity contribution in [1.82, 2.24) is 5.32 Å². The van der Waals surface area contributed by atoms with Crippen molar-refractivity contribution in [2.75, 3.05) is 0 Å². The summed E-state index contributed by atoms with van der Waals surface area (Å²) in [6.45, 7) is 1.98. The van der Waals surface area contributed by atoms with Gasteiger partial charge in [-0.1, -0.05) is 18.3 Å². The van der Waals surface area contributed by atoms with Gasteiger partial charge in [-0.25, -0.2) is 0 Å². The zero-order valence-electron chi connectivity index (χ0n) is 12.7. The number of hydrogen-bond acceptors (Lipinski definition) is 5. The van der Waals surface area contributed by atoms with Crippen LogP contribution in [0.5, 0.6) is 23.0 Å². The zero-order chi connectivity index (χ0) is 17.9. The van der Waals surface area contributed by atoms with Crippen LogP contribution in [0.1, 0.15) is 16.7 Å². The second-order valence-electron chi connectivity index (χ2n) is 5.18. The van der Waals surface area contributed by atoms with E-state index in [0.29, 0.717) is 31.8 Å². The first-order chi connectivity index (χ1) is 11.3. The Kier molecular flexibility index (Phi) is 5.89. The normalized spacial score (nSPS) is 10.9. The maximum absolute atomic E-state index is 9.69. The van der Waals surface area contributed by atoms with E-state index in [2.05, 4.69) is 5.32 Å². The third-order valence-electron chi connectivity index (χ3n) is 3.37. The smallest absolute Gasteiger partial charge is 0.171 e. The van der Waals surface area contributed by atoms with Crippen LogP contribution in [0.4, 0.5) is 0 Å². The van der Waals surface area contributed by atoms with Gasteiger partial charge >= 0.3 is 0 Å². The molecule has 0 spiro atoms. The highest BCUT2D eigenvalue weighted by atomic mass is 127. The number of nitrogens with one attached hydrogen (secondary N) is 1. The van der Waals surface area contributed by atoms with Crippen LogP contribution in [0, 0.1) is 10.5 Å². The minimum absolute atomic E-state index is 0.0300. The maximum atomic E-state index is 9.69. The summed E-state index contributed by atoms with van der Waals surface area (Å²) < 4.78 is 0.539. The van der Waals surface area contributed by atoms with E-state index in [-0.39, 0.29) is 23.0 Å². The third kappa shape index (κ3) is 4.51. The van der Waals surface area contributed by atoms with Gasteiger partial charge < -0.3 is 25.7 Å². The highest BCUT2D eigenvalue weighted by Gasteiger charge is 2.06. The second kappa shape index (κ2) is 7.71.